The molecule has 0 saturated carbocycles. The highest BCUT2D eigenvalue weighted by molar-refractivity contribution is 4.79. The van der Waals surface area contributed by atoms with E-state index in [1.165, 1.54) is 13.0 Å². The second-order valence-corrected chi connectivity index (χ2v) is 3.13. The molecule has 60 valence electrons. The molecule has 1 aliphatic rings. The molecule has 0 aliphatic carbocycles. The van der Waals surface area contributed by atoms with Crippen LogP contribution in [0.2, 0.25) is 0 Å². The maximum atomic E-state index is 3.47. The van der Waals surface area contributed by atoms with Gasteiger partial charge >= 0.3 is 0 Å². The Morgan fingerprint density at radius 1 is 1.60 bits per heavy atom. The van der Waals surface area contributed by atoms with Crippen LogP contribution >= 0.6 is 0 Å². The van der Waals surface area contributed by atoms with E-state index in [1.807, 2.05) is 0 Å². The Morgan fingerprint density at radius 3 is 3.00 bits per heavy atom. The number of hydrogen-bond acceptors (Lipinski definition) is 2. The second kappa shape index (κ2) is 3.94. The standard InChI is InChI=1S/C8H18N2/c1-3-10-8-6-9-5-4-7(8)2/h7-10H,3-6H2,1-2H3/t7?,8-/m1/s1. The van der Waals surface area contributed by atoms with E-state index in [2.05, 4.69) is 24.5 Å². The molecule has 2 heteroatoms. The fourth-order valence-electron chi connectivity index (χ4n) is 1.53. The highest BCUT2D eigenvalue weighted by atomic mass is 15.0. The van der Waals surface area contributed by atoms with Gasteiger partial charge in [-0.3, -0.25) is 0 Å². The minimum absolute atomic E-state index is 0.707. The lowest BCUT2D eigenvalue weighted by atomic mass is 9.95. The summed E-state index contributed by atoms with van der Waals surface area (Å²) in [6.45, 7) is 7.93. The Balaban J connectivity index is 2.25. The van der Waals surface area contributed by atoms with E-state index in [0.29, 0.717) is 6.04 Å². The molecule has 0 aromatic heterocycles. The van der Waals surface area contributed by atoms with E-state index in [0.717, 1.165) is 19.0 Å². The molecule has 1 unspecified atom stereocenters. The molecule has 10 heavy (non-hydrogen) atoms. The van der Waals surface area contributed by atoms with Crippen molar-refractivity contribution in [2.45, 2.75) is 26.3 Å². The predicted octanol–water partition coefficient (Wildman–Crippen LogP) is 0.594. The van der Waals surface area contributed by atoms with Gasteiger partial charge in [-0.1, -0.05) is 13.8 Å². The molecule has 0 spiro atoms. The molecule has 1 aliphatic heterocycles. The summed E-state index contributed by atoms with van der Waals surface area (Å²) in [7, 11) is 0. The van der Waals surface area contributed by atoms with Gasteiger partial charge in [-0.2, -0.15) is 0 Å². The normalized spacial score (nSPS) is 34.2. The number of nitrogens with one attached hydrogen (secondary N) is 2. The van der Waals surface area contributed by atoms with Gasteiger partial charge in [0.05, 0.1) is 0 Å². The van der Waals surface area contributed by atoms with E-state index in [4.69, 9.17) is 0 Å². The van der Waals surface area contributed by atoms with E-state index in [-0.39, 0.29) is 0 Å². The zero-order valence-electron chi connectivity index (χ0n) is 6.98. The molecule has 1 rings (SSSR count). The zero-order chi connectivity index (χ0) is 7.40. The summed E-state index contributed by atoms with van der Waals surface area (Å²) in [4.78, 5) is 0. The SMILES string of the molecule is CCN[C@@H]1CNCCC1C. The van der Waals surface area contributed by atoms with Gasteiger partial charge in [0, 0.05) is 12.6 Å². The molecule has 0 bridgehead atoms. The summed E-state index contributed by atoms with van der Waals surface area (Å²) in [6, 6.07) is 0.707. The summed E-state index contributed by atoms with van der Waals surface area (Å²) in [5.41, 5.74) is 0. The first-order valence-electron chi connectivity index (χ1n) is 4.28. The Morgan fingerprint density at radius 2 is 2.40 bits per heavy atom. The van der Waals surface area contributed by atoms with Crippen LogP contribution in [-0.2, 0) is 0 Å². The number of hydrogen-bond donors (Lipinski definition) is 2. The van der Waals surface area contributed by atoms with Crippen LogP contribution in [0.5, 0.6) is 0 Å². The maximum absolute atomic E-state index is 3.47. The molecule has 0 aromatic rings. The molecule has 1 heterocycles. The maximum Gasteiger partial charge on any atom is 0.0218 e. The minimum atomic E-state index is 0.707. The average Bonchev–Trinajstić information content (AvgIpc) is 1.94. The van der Waals surface area contributed by atoms with E-state index >= 15 is 0 Å². The molecule has 2 nitrogen and oxygen atoms in total. The van der Waals surface area contributed by atoms with Crippen molar-refractivity contribution in [3.8, 4) is 0 Å². The fraction of sp³-hybridized carbons (Fsp3) is 1.00. The monoisotopic (exact) mass is 142 g/mol. The van der Waals surface area contributed by atoms with E-state index in [9.17, 15) is 0 Å². The van der Waals surface area contributed by atoms with Crippen molar-refractivity contribution in [2.75, 3.05) is 19.6 Å². The third-order valence-corrected chi connectivity index (χ3v) is 2.29. The van der Waals surface area contributed by atoms with Crippen molar-refractivity contribution in [3.63, 3.8) is 0 Å². The minimum Gasteiger partial charge on any atom is -0.315 e. The largest absolute Gasteiger partial charge is 0.315 e. The van der Waals surface area contributed by atoms with Gasteiger partial charge in [-0.15, -0.1) is 0 Å². The number of piperidine rings is 1. The molecular formula is C8H18N2. The fourth-order valence-corrected chi connectivity index (χ4v) is 1.53. The lowest BCUT2D eigenvalue weighted by Crippen LogP contribution is -2.47. The molecule has 0 radical (unpaired) electrons. The van der Waals surface area contributed by atoms with Crippen LogP contribution in [-0.4, -0.2) is 25.7 Å². The topological polar surface area (TPSA) is 24.1 Å². The molecule has 1 saturated heterocycles. The van der Waals surface area contributed by atoms with Crippen molar-refractivity contribution < 1.29 is 0 Å². The average molecular weight is 142 g/mol. The first-order chi connectivity index (χ1) is 4.84. The van der Waals surface area contributed by atoms with Crippen LogP contribution in [0.1, 0.15) is 20.3 Å². The number of rotatable bonds is 2. The zero-order valence-corrected chi connectivity index (χ0v) is 6.98. The highest BCUT2D eigenvalue weighted by Crippen LogP contribution is 2.10. The Labute approximate surface area is 63.4 Å². The Kier molecular flexibility index (Phi) is 3.16. The Hall–Kier alpha value is -0.0800. The molecule has 0 amide bonds. The Bertz CT molecular complexity index is 91.3. The van der Waals surface area contributed by atoms with Gasteiger partial charge in [0.1, 0.15) is 0 Å². The second-order valence-electron chi connectivity index (χ2n) is 3.13. The van der Waals surface area contributed by atoms with Crippen LogP contribution in [0, 0.1) is 5.92 Å². The van der Waals surface area contributed by atoms with Crippen molar-refractivity contribution >= 4 is 0 Å². The summed E-state index contributed by atoms with van der Waals surface area (Å²) < 4.78 is 0. The van der Waals surface area contributed by atoms with Crippen LogP contribution in [0.25, 0.3) is 0 Å². The lowest BCUT2D eigenvalue weighted by Gasteiger charge is -2.29. The van der Waals surface area contributed by atoms with E-state index < -0.39 is 0 Å². The molecule has 2 atom stereocenters. The van der Waals surface area contributed by atoms with Crippen LogP contribution in [0.4, 0.5) is 0 Å². The third kappa shape index (κ3) is 1.96. The molecule has 2 N–H and O–H groups in total. The number of likely N-dealkylation sites (N-methyl/N-ethyl adjacent to an activating group) is 1. The van der Waals surface area contributed by atoms with Crippen LogP contribution in [0.15, 0.2) is 0 Å². The first-order valence-corrected chi connectivity index (χ1v) is 4.28. The van der Waals surface area contributed by atoms with Crippen molar-refractivity contribution in [3.05, 3.63) is 0 Å². The van der Waals surface area contributed by atoms with Gasteiger partial charge in [0.2, 0.25) is 0 Å². The molecule has 1 fully saturated rings. The summed E-state index contributed by atoms with van der Waals surface area (Å²) in [5.74, 6) is 0.848. The van der Waals surface area contributed by atoms with Gasteiger partial charge in [0.15, 0.2) is 0 Å². The van der Waals surface area contributed by atoms with Crippen molar-refractivity contribution in [1.82, 2.24) is 10.6 Å². The summed E-state index contributed by atoms with van der Waals surface area (Å²) in [6.07, 6.45) is 1.32. The first kappa shape index (κ1) is 8.02. The third-order valence-electron chi connectivity index (χ3n) is 2.29. The van der Waals surface area contributed by atoms with Crippen molar-refractivity contribution in [1.29, 1.82) is 0 Å². The van der Waals surface area contributed by atoms with Gasteiger partial charge in [-0.05, 0) is 25.4 Å². The summed E-state index contributed by atoms with van der Waals surface area (Å²) >= 11 is 0. The van der Waals surface area contributed by atoms with Gasteiger partial charge in [-0.25, -0.2) is 0 Å². The smallest absolute Gasteiger partial charge is 0.0218 e. The molecular weight excluding hydrogens is 124 g/mol. The highest BCUT2D eigenvalue weighted by Gasteiger charge is 2.18. The predicted molar refractivity (Wildman–Crippen MR) is 44.1 cm³/mol. The van der Waals surface area contributed by atoms with Gasteiger partial charge < -0.3 is 10.6 Å². The van der Waals surface area contributed by atoms with Crippen LogP contribution in [0.3, 0.4) is 0 Å². The lowest BCUT2D eigenvalue weighted by molar-refractivity contribution is 0.301. The van der Waals surface area contributed by atoms with E-state index in [1.54, 1.807) is 0 Å². The van der Waals surface area contributed by atoms with Crippen LogP contribution < -0.4 is 10.6 Å². The quantitative estimate of drug-likeness (QED) is 0.590. The summed E-state index contributed by atoms with van der Waals surface area (Å²) in [5, 5.41) is 6.86. The molecule has 0 aromatic carbocycles. The van der Waals surface area contributed by atoms with Crippen molar-refractivity contribution in [2.24, 2.45) is 5.92 Å². The van der Waals surface area contributed by atoms with Gasteiger partial charge in [0.25, 0.3) is 0 Å².